The van der Waals surface area contributed by atoms with Crippen LogP contribution in [0.25, 0.3) is 0 Å². The summed E-state index contributed by atoms with van der Waals surface area (Å²) in [6.45, 7) is 6.82. The van der Waals surface area contributed by atoms with Gasteiger partial charge in [0, 0.05) is 17.1 Å². The van der Waals surface area contributed by atoms with Gasteiger partial charge in [-0.2, -0.15) is 0 Å². The molecule has 4 nitrogen and oxygen atoms in total. The Morgan fingerprint density at radius 3 is 2.85 bits per heavy atom. The summed E-state index contributed by atoms with van der Waals surface area (Å²) < 4.78 is 28.6. The van der Waals surface area contributed by atoms with Crippen molar-refractivity contribution in [3.63, 3.8) is 0 Å². The first-order valence-electron chi connectivity index (χ1n) is 6.93. The van der Waals surface area contributed by atoms with E-state index in [0.29, 0.717) is 4.90 Å². The quantitative estimate of drug-likeness (QED) is 0.897. The number of halogens is 1. The SMILES string of the molecule is CCN1CCC[C@H](NS(=O)(=O)c2ccc(Br)c(C)c2)C1. The molecule has 0 saturated carbocycles. The minimum atomic E-state index is -3.43. The van der Waals surface area contributed by atoms with Crippen molar-refractivity contribution in [1.29, 1.82) is 0 Å². The van der Waals surface area contributed by atoms with Gasteiger partial charge in [0.25, 0.3) is 0 Å². The molecular formula is C14H21BrN2O2S. The molecule has 1 aromatic rings. The summed E-state index contributed by atoms with van der Waals surface area (Å²) in [5.74, 6) is 0. The van der Waals surface area contributed by atoms with Gasteiger partial charge < -0.3 is 4.90 Å². The maximum Gasteiger partial charge on any atom is 0.240 e. The molecule has 1 fully saturated rings. The maximum absolute atomic E-state index is 12.4. The molecule has 1 saturated heterocycles. The Morgan fingerprint density at radius 1 is 1.45 bits per heavy atom. The largest absolute Gasteiger partial charge is 0.302 e. The molecule has 0 amide bonds. The van der Waals surface area contributed by atoms with Crippen LogP contribution in [0.3, 0.4) is 0 Å². The van der Waals surface area contributed by atoms with Crippen molar-refractivity contribution in [3.05, 3.63) is 28.2 Å². The molecule has 1 N–H and O–H groups in total. The van der Waals surface area contributed by atoms with Crippen molar-refractivity contribution in [2.24, 2.45) is 0 Å². The van der Waals surface area contributed by atoms with Crippen LogP contribution in [0.2, 0.25) is 0 Å². The Hall–Kier alpha value is -0.430. The lowest BCUT2D eigenvalue weighted by Crippen LogP contribution is -2.47. The van der Waals surface area contributed by atoms with Gasteiger partial charge in [-0.1, -0.05) is 22.9 Å². The average Bonchev–Trinajstić information content (AvgIpc) is 2.41. The normalized spacial score (nSPS) is 21.1. The fourth-order valence-electron chi connectivity index (χ4n) is 2.51. The number of likely N-dealkylation sites (tertiary alicyclic amines) is 1. The lowest BCUT2D eigenvalue weighted by Gasteiger charge is -2.32. The average molecular weight is 361 g/mol. The molecule has 1 aliphatic heterocycles. The third kappa shape index (κ3) is 3.81. The van der Waals surface area contributed by atoms with E-state index < -0.39 is 10.0 Å². The zero-order valence-electron chi connectivity index (χ0n) is 11.9. The van der Waals surface area contributed by atoms with Crippen LogP contribution in [0, 0.1) is 6.92 Å². The van der Waals surface area contributed by atoms with E-state index in [4.69, 9.17) is 0 Å². The van der Waals surface area contributed by atoms with E-state index >= 15 is 0 Å². The smallest absolute Gasteiger partial charge is 0.240 e. The predicted octanol–water partition coefficient (Wildman–Crippen LogP) is 2.52. The molecule has 1 aliphatic rings. The Bertz CT molecular complexity index is 575. The second-order valence-corrected chi connectivity index (χ2v) is 7.83. The van der Waals surface area contributed by atoms with E-state index in [1.807, 2.05) is 6.92 Å². The molecule has 20 heavy (non-hydrogen) atoms. The summed E-state index contributed by atoms with van der Waals surface area (Å²) >= 11 is 3.39. The van der Waals surface area contributed by atoms with Crippen LogP contribution in [0.5, 0.6) is 0 Å². The molecule has 6 heteroatoms. The highest BCUT2D eigenvalue weighted by Gasteiger charge is 2.24. The predicted molar refractivity (Wildman–Crippen MR) is 84.3 cm³/mol. The van der Waals surface area contributed by atoms with Gasteiger partial charge in [-0.05, 0) is 56.6 Å². The standard InChI is InChI=1S/C14H21BrN2O2S/c1-3-17-8-4-5-12(10-17)16-20(18,19)13-6-7-14(15)11(2)9-13/h6-7,9,12,16H,3-5,8,10H2,1-2H3/t12-/m0/s1. The number of likely N-dealkylation sites (N-methyl/N-ethyl adjacent to an activating group) is 1. The van der Waals surface area contributed by atoms with Crippen molar-refractivity contribution in [2.45, 2.75) is 37.6 Å². The highest BCUT2D eigenvalue weighted by molar-refractivity contribution is 9.10. The van der Waals surface area contributed by atoms with Crippen molar-refractivity contribution in [1.82, 2.24) is 9.62 Å². The van der Waals surface area contributed by atoms with Crippen LogP contribution in [-0.2, 0) is 10.0 Å². The van der Waals surface area contributed by atoms with E-state index in [0.717, 1.165) is 42.5 Å². The summed E-state index contributed by atoms with van der Waals surface area (Å²) in [4.78, 5) is 2.62. The number of rotatable bonds is 4. The monoisotopic (exact) mass is 360 g/mol. The number of hydrogen-bond acceptors (Lipinski definition) is 3. The Morgan fingerprint density at radius 2 is 2.20 bits per heavy atom. The molecule has 112 valence electrons. The van der Waals surface area contributed by atoms with Crippen LogP contribution in [-0.4, -0.2) is 39.0 Å². The van der Waals surface area contributed by atoms with Crippen LogP contribution in [0.15, 0.2) is 27.6 Å². The van der Waals surface area contributed by atoms with Gasteiger partial charge in [-0.3, -0.25) is 0 Å². The molecule has 0 aliphatic carbocycles. The van der Waals surface area contributed by atoms with Gasteiger partial charge in [-0.15, -0.1) is 0 Å². The summed E-state index contributed by atoms with van der Waals surface area (Å²) in [5, 5.41) is 0. The molecule has 0 radical (unpaired) electrons. The van der Waals surface area contributed by atoms with E-state index in [1.54, 1.807) is 18.2 Å². The summed E-state index contributed by atoms with van der Waals surface area (Å²) in [5.41, 5.74) is 0.923. The number of piperidine rings is 1. The zero-order chi connectivity index (χ0) is 14.8. The van der Waals surface area contributed by atoms with E-state index in [2.05, 4.69) is 32.5 Å². The van der Waals surface area contributed by atoms with Crippen molar-refractivity contribution in [3.8, 4) is 0 Å². The minimum Gasteiger partial charge on any atom is -0.302 e. The van der Waals surface area contributed by atoms with Crippen LogP contribution in [0.4, 0.5) is 0 Å². The highest BCUT2D eigenvalue weighted by atomic mass is 79.9. The van der Waals surface area contributed by atoms with Crippen molar-refractivity contribution >= 4 is 26.0 Å². The van der Waals surface area contributed by atoms with Gasteiger partial charge in [-0.25, -0.2) is 13.1 Å². The van der Waals surface area contributed by atoms with Crippen molar-refractivity contribution in [2.75, 3.05) is 19.6 Å². The lowest BCUT2D eigenvalue weighted by molar-refractivity contribution is 0.211. The van der Waals surface area contributed by atoms with Gasteiger partial charge in [0.1, 0.15) is 0 Å². The van der Waals surface area contributed by atoms with E-state index in [-0.39, 0.29) is 6.04 Å². The number of hydrogen-bond donors (Lipinski definition) is 1. The Labute approximate surface area is 129 Å². The number of nitrogens with one attached hydrogen (secondary N) is 1. The molecule has 1 heterocycles. The fourth-order valence-corrected chi connectivity index (χ4v) is 4.10. The molecule has 0 aromatic heterocycles. The third-order valence-electron chi connectivity index (χ3n) is 3.71. The molecular weight excluding hydrogens is 340 g/mol. The van der Waals surface area contributed by atoms with Gasteiger partial charge in [0.15, 0.2) is 0 Å². The maximum atomic E-state index is 12.4. The van der Waals surface area contributed by atoms with Gasteiger partial charge >= 0.3 is 0 Å². The molecule has 1 aromatic carbocycles. The number of aryl methyl sites for hydroxylation is 1. The zero-order valence-corrected chi connectivity index (χ0v) is 14.3. The topological polar surface area (TPSA) is 49.4 Å². The van der Waals surface area contributed by atoms with Crippen LogP contribution in [0.1, 0.15) is 25.3 Å². The molecule has 1 atom stereocenters. The summed E-state index contributed by atoms with van der Waals surface area (Å²) in [6.07, 6.45) is 1.95. The first-order chi connectivity index (χ1) is 9.42. The van der Waals surface area contributed by atoms with Crippen LogP contribution < -0.4 is 4.72 Å². The highest BCUT2D eigenvalue weighted by Crippen LogP contribution is 2.21. The lowest BCUT2D eigenvalue weighted by atomic mass is 10.1. The molecule has 0 bridgehead atoms. The van der Waals surface area contributed by atoms with E-state index in [9.17, 15) is 8.42 Å². The number of sulfonamides is 1. The first-order valence-corrected chi connectivity index (χ1v) is 9.21. The Balaban J connectivity index is 2.12. The summed E-state index contributed by atoms with van der Waals surface area (Å²) in [6, 6.07) is 5.13. The summed E-state index contributed by atoms with van der Waals surface area (Å²) in [7, 11) is -3.43. The fraction of sp³-hybridized carbons (Fsp3) is 0.571. The minimum absolute atomic E-state index is 0.0117. The third-order valence-corrected chi connectivity index (χ3v) is 6.12. The Kier molecular flexibility index (Phi) is 5.23. The first kappa shape index (κ1) is 15.9. The van der Waals surface area contributed by atoms with Gasteiger partial charge in [0.2, 0.25) is 10.0 Å². The molecule has 0 unspecified atom stereocenters. The molecule has 0 spiro atoms. The van der Waals surface area contributed by atoms with Crippen LogP contribution >= 0.6 is 15.9 Å². The number of nitrogens with zero attached hydrogens (tertiary/aromatic N) is 1. The van der Waals surface area contributed by atoms with Crippen molar-refractivity contribution < 1.29 is 8.42 Å². The number of benzene rings is 1. The van der Waals surface area contributed by atoms with E-state index in [1.165, 1.54) is 0 Å². The second-order valence-electron chi connectivity index (χ2n) is 5.26. The second kappa shape index (κ2) is 6.56. The van der Waals surface area contributed by atoms with Gasteiger partial charge in [0.05, 0.1) is 4.90 Å². The molecule has 2 rings (SSSR count).